The minimum absolute atomic E-state index is 0.631. The molecule has 0 aliphatic rings. The van der Waals surface area contributed by atoms with Gasteiger partial charge in [-0.3, -0.25) is 0 Å². The van der Waals surface area contributed by atoms with Crippen LogP contribution < -0.4 is 5.73 Å². The second kappa shape index (κ2) is 6.26. The van der Waals surface area contributed by atoms with Gasteiger partial charge in [-0.2, -0.15) is 0 Å². The zero-order valence-corrected chi connectivity index (χ0v) is 10.2. The van der Waals surface area contributed by atoms with E-state index in [-0.39, 0.29) is 0 Å². The van der Waals surface area contributed by atoms with Crippen molar-refractivity contribution in [1.82, 2.24) is 4.57 Å². The molecule has 1 aromatic carbocycles. The second-order valence-corrected chi connectivity index (χ2v) is 4.34. The van der Waals surface area contributed by atoms with Gasteiger partial charge in [-0.25, -0.2) is 0 Å². The van der Waals surface area contributed by atoms with E-state index in [0.717, 1.165) is 6.54 Å². The van der Waals surface area contributed by atoms with Crippen molar-refractivity contribution in [2.24, 2.45) is 5.73 Å². The van der Waals surface area contributed by atoms with Crippen LogP contribution in [0.3, 0.4) is 0 Å². The fraction of sp³-hybridized carbons (Fsp3) is 0.333. The van der Waals surface area contributed by atoms with Crippen molar-refractivity contribution in [1.29, 1.82) is 0 Å². The van der Waals surface area contributed by atoms with Crippen LogP contribution >= 0.6 is 0 Å². The van der Waals surface area contributed by atoms with E-state index >= 15 is 0 Å². The number of nitrogens with two attached hydrogens (primary N) is 1. The van der Waals surface area contributed by atoms with E-state index < -0.39 is 0 Å². The predicted molar refractivity (Wildman–Crippen MR) is 71.7 cm³/mol. The quantitative estimate of drug-likeness (QED) is 0.757. The third kappa shape index (κ3) is 3.46. The Bertz CT molecular complexity index is 431. The summed E-state index contributed by atoms with van der Waals surface area (Å²) in [5.41, 5.74) is 8.33. The van der Waals surface area contributed by atoms with Crippen LogP contribution in [0.1, 0.15) is 24.1 Å². The molecule has 17 heavy (non-hydrogen) atoms. The normalized spacial score (nSPS) is 10.6. The molecule has 90 valence electrons. The summed E-state index contributed by atoms with van der Waals surface area (Å²) in [4.78, 5) is 0. The number of nitrogens with zero attached hydrogens (tertiary/aromatic N) is 1. The Kier molecular flexibility index (Phi) is 4.39. The smallest absolute Gasteiger partial charge is 0.0334 e. The van der Waals surface area contributed by atoms with Gasteiger partial charge in [0.25, 0.3) is 0 Å². The third-order valence-electron chi connectivity index (χ3n) is 3.09. The summed E-state index contributed by atoms with van der Waals surface area (Å²) in [5, 5.41) is 0. The molecule has 2 aromatic rings. The van der Waals surface area contributed by atoms with Crippen molar-refractivity contribution >= 4 is 0 Å². The highest BCUT2D eigenvalue weighted by Crippen LogP contribution is 2.07. The first-order valence-corrected chi connectivity index (χ1v) is 6.28. The molecule has 2 rings (SSSR count). The molecule has 0 aliphatic carbocycles. The highest BCUT2D eigenvalue weighted by molar-refractivity contribution is 5.14. The van der Waals surface area contributed by atoms with Gasteiger partial charge in [-0.15, -0.1) is 0 Å². The summed E-state index contributed by atoms with van der Waals surface area (Å²) in [6, 6.07) is 14.8. The number of rotatable bonds is 6. The lowest BCUT2D eigenvalue weighted by atomic mass is 10.1. The molecule has 0 amide bonds. The van der Waals surface area contributed by atoms with E-state index in [2.05, 4.69) is 53.2 Å². The van der Waals surface area contributed by atoms with Crippen molar-refractivity contribution < 1.29 is 0 Å². The Morgan fingerprint density at radius 1 is 0.941 bits per heavy atom. The monoisotopic (exact) mass is 228 g/mol. The summed E-state index contributed by atoms with van der Waals surface area (Å²) in [6.07, 6.45) is 5.72. The molecule has 0 saturated carbocycles. The van der Waals surface area contributed by atoms with E-state index in [1.165, 1.54) is 30.5 Å². The van der Waals surface area contributed by atoms with Crippen molar-refractivity contribution in [2.45, 2.75) is 32.4 Å². The van der Waals surface area contributed by atoms with Crippen LogP contribution in [-0.2, 0) is 19.5 Å². The van der Waals surface area contributed by atoms with E-state index in [9.17, 15) is 0 Å². The Hall–Kier alpha value is -1.54. The second-order valence-electron chi connectivity index (χ2n) is 4.34. The summed E-state index contributed by atoms with van der Waals surface area (Å²) in [7, 11) is 0. The van der Waals surface area contributed by atoms with Gasteiger partial charge in [0.1, 0.15) is 0 Å². The number of unbranched alkanes of at least 4 members (excludes halogenated alkanes) is 1. The van der Waals surface area contributed by atoms with Crippen LogP contribution in [0.4, 0.5) is 0 Å². The minimum atomic E-state index is 0.631. The molecule has 1 aromatic heterocycles. The molecule has 1 heterocycles. The Morgan fingerprint density at radius 2 is 1.76 bits per heavy atom. The Labute approximate surface area is 103 Å². The molecule has 0 fully saturated rings. The van der Waals surface area contributed by atoms with Crippen LogP contribution in [0.2, 0.25) is 0 Å². The molecule has 2 nitrogen and oxygen atoms in total. The fourth-order valence-electron chi connectivity index (χ4n) is 2.11. The van der Waals surface area contributed by atoms with Gasteiger partial charge in [0.2, 0.25) is 0 Å². The van der Waals surface area contributed by atoms with E-state index in [0.29, 0.717) is 6.54 Å². The highest BCUT2D eigenvalue weighted by atomic mass is 15.0. The van der Waals surface area contributed by atoms with Crippen LogP contribution in [0, 0.1) is 0 Å². The minimum Gasteiger partial charge on any atom is -0.350 e. The average molecular weight is 228 g/mol. The summed E-state index contributed by atoms with van der Waals surface area (Å²) < 4.78 is 2.25. The fourth-order valence-corrected chi connectivity index (χ4v) is 2.11. The summed E-state index contributed by atoms with van der Waals surface area (Å²) in [6.45, 7) is 1.71. The molecule has 2 heteroatoms. The SMILES string of the molecule is NCc1cccn1CCCCc1ccccc1. The van der Waals surface area contributed by atoms with Gasteiger partial charge in [0.15, 0.2) is 0 Å². The Morgan fingerprint density at radius 3 is 2.53 bits per heavy atom. The van der Waals surface area contributed by atoms with E-state index in [1.54, 1.807) is 0 Å². The van der Waals surface area contributed by atoms with Crippen LogP contribution in [-0.4, -0.2) is 4.57 Å². The number of benzene rings is 1. The maximum absolute atomic E-state index is 5.67. The maximum atomic E-state index is 5.67. The zero-order chi connectivity index (χ0) is 11.9. The van der Waals surface area contributed by atoms with Crippen molar-refractivity contribution in [3.8, 4) is 0 Å². The number of hydrogen-bond acceptors (Lipinski definition) is 1. The predicted octanol–water partition coefficient (Wildman–Crippen LogP) is 2.97. The standard InChI is InChI=1S/C15H20N2/c16-13-15-10-6-12-17(15)11-5-4-9-14-7-2-1-3-8-14/h1-3,6-8,10,12H,4-5,9,11,13,16H2. The van der Waals surface area contributed by atoms with Crippen molar-refractivity contribution in [3.63, 3.8) is 0 Å². The highest BCUT2D eigenvalue weighted by Gasteiger charge is 1.98. The van der Waals surface area contributed by atoms with Crippen LogP contribution in [0.25, 0.3) is 0 Å². The largest absolute Gasteiger partial charge is 0.350 e. The molecule has 0 atom stereocenters. The molecule has 0 spiro atoms. The first-order valence-electron chi connectivity index (χ1n) is 6.28. The summed E-state index contributed by atoms with van der Waals surface area (Å²) in [5.74, 6) is 0. The molecule has 0 aliphatic heterocycles. The van der Waals surface area contributed by atoms with Gasteiger partial charge in [-0.05, 0) is 37.0 Å². The molecule has 0 saturated heterocycles. The molecular weight excluding hydrogens is 208 g/mol. The molecule has 2 N–H and O–H groups in total. The zero-order valence-electron chi connectivity index (χ0n) is 10.2. The molecule has 0 radical (unpaired) electrons. The lowest BCUT2D eigenvalue weighted by Gasteiger charge is -2.07. The topological polar surface area (TPSA) is 30.9 Å². The number of aryl methyl sites for hydroxylation is 2. The number of aromatic nitrogens is 1. The van der Waals surface area contributed by atoms with Crippen LogP contribution in [0.5, 0.6) is 0 Å². The molecule has 0 unspecified atom stereocenters. The lowest BCUT2D eigenvalue weighted by molar-refractivity contribution is 0.592. The lowest BCUT2D eigenvalue weighted by Crippen LogP contribution is -2.06. The van der Waals surface area contributed by atoms with Crippen molar-refractivity contribution in [3.05, 3.63) is 59.9 Å². The van der Waals surface area contributed by atoms with Gasteiger partial charge in [-0.1, -0.05) is 30.3 Å². The van der Waals surface area contributed by atoms with E-state index in [1.807, 2.05) is 0 Å². The third-order valence-corrected chi connectivity index (χ3v) is 3.09. The van der Waals surface area contributed by atoms with Gasteiger partial charge < -0.3 is 10.3 Å². The first kappa shape index (κ1) is 11.9. The van der Waals surface area contributed by atoms with Gasteiger partial charge in [0, 0.05) is 25.0 Å². The Balaban J connectivity index is 1.73. The summed E-state index contributed by atoms with van der Waals surface area (Å²) >= 11 is 0. The van der Waals surface area contributed by atoms with E-state index in [4.69, 9.17) is 5.73 Å². The van der Waals surface area contributed by atoms with Gasteiger partial charge in [0.05, 0.1) is 0 Å². The van der Waals surface area contributed by atoms with Crippen molar-refractivity contribution in [2.75, 3.05) is 0 Å². The van der Waals surface area contributed by atoms with Gasteiger partial charge >= 0.3 is 0 Å². The average Bonchev–Trinajstić information content (AvgIpc) is 2.83. The first-order chi connectivity index (χ1) is 8.40. The van der Waals surface area contributed by atoms with Crippen LogP contribution in [0.15, 0.2) is 48.7 Å². The molecule has 0 bridgehead atoms. The number of hydrogen-bond donors (Lipinski definition) is 1. The molecular formula is C15H20N2. The maximum Gasteiger partial charge on any atom is 0.0334 e.